The highest BCUT2D eigenvalue weighted by Crippen LogP contribution is 2.46. The Kier molecular flexibility index (Phi) is 13.7. The molecule has 5 aromatic rings. The predicted molar refractivity (Wildman–Crippen MR) is 258 cm³/mol. The van der Waals surface area contributed by atoms with Crippen molar-refractivity contribution in [1.29, 1.82) is 5.26 Å². The highest BCUT2D eigenvalue weighted by molar-refractivity contribution is 6.31. The topological polar surface area (TPSA) is 154 Å². The molecular formula is C51H57ClF4N12O3. The van der Waals surface area contributed by atoms with Crippen molar-refractivity contribution >= 4 is 40.7 Å². The zero-order valence-electron chi connectivity index (χ0n) is 39.8. The lowest BCUT2D eigenvalue weighted by molar-refractivity contribution is -0.130. The van der Waals surface area contributed by atoms with Gasteiger partial charge in [-0.15, -0.1) is 10.2 Å². The van der Waals surface area contributed by atoms with Crippen LogP contribution in [-0.4, -0.2) is 115 Å². The molecule has 71 heavy (non-hydrogen) atoms. The van der Waals surface area contributed by atoms with Crippen molar-refractivity contribution in [3.8, 4) is 22.9 Å². The summed E-state index contributed by atoms with van der Waals surface area (Å²) in [5.41, 5.74) is 4.31. The van der Waals surface area contributed by atoms with Crippen LogP contribution < -0.4 is 19.9 Å². The fourth-order valence-corrected chi connectivity index (χ4v) is 11.5. The molecule has 2 saturated heterocycles. The van der Waals surface area contributed by atoms with Crippen LogP contribution in [-0.2, 0) is 31.2 Å². The molecule has 0 spiro atoms. The first kappa shape index (κ1) is 48.4. The summed E-state index contributed by atoms with van der Waals surface area (Å²) in [6.45, 7) is 4.48. The minimum atomic E-state index is -3.12. The summed E-state index contributed by atoms with van der Waals surface area (Å²) < 4.78 is 72.0. The van der Waals surface area contributed by atoms with E-state index in [1.807, 2.05) is 21.9 Å². The largest absolute Gasteiger partial charge is 0.490 e. The highest BCUT2D eigenvalue weighted by Gasteiger charge is 2.48. The van der Waals surface area contributed by atoms with Gasteiger partial charge >= 0.3 is 0 Å². The molecule has 5 aliphatic rings. The number of alkyl halides is 4. The average molecular weight is 998 g/mol. The van der Waals surface area contributed by atoms with E-state index in [0.29, 0.717) is 115 Å². The van der Waals surface area contributed by atoms with Crippen LogP contribution in [0.4, 0.5) is 34.9 Å². The molecule has 374 valence electrons. The second-order valence-corrected chi connectivity index (χ2v) is 20.1. The van der Waals surface area contributed by atoms with E-state index in [2.05, 4.69) is 25.5 Å². The zero-order valence-corrected chi connectivity index (χ0v) is 40.6. The maximum Gasteiger partial charge on any atom is 0.282 e. The van der Waals surface area contributed by atoms with E-state index in [1.165, 1.54) is 17.7 Å². The SMILES string of the molecule is CC(=O)N1CCc2c(c(N3CCCc4cc(-c5cnn(C)c5)c(C(F)F)cc43)nn2C2CCN(CC3CCN(c4ccc(C(=O)NC5CCC(Oc6ccc(C#N)c(Cl)c6)CC5)nn4)CC3)CC2(F)F)C1. The number of nitrogens with one attached hydrogen (secondary N) is 1. The van der Waals surface area contributed by atoms with E-state index in [4.69, 9.17) is 26.7 Å². The van der Waals surface area contributed by atoms with Crippen LogP contribution in [0, 0.1) is 17.2 Å². The molecule has 20 heteroatoms. The number of benzene rings is 2. The molecule has 4 aliphatic heterocycles. The first-order valence-corrected chi connectivity index (χ1v) is 25.0. The number of aromatic nitrogens is 6. The van der Waals surface area contributed by atoms with Crippen LogP contribution in [0.1, 0.15) is 109 Å². The summed E-state index contributed by atoms with van der Waals surface area (Å²) >= 11 is 6.16. The summed E-state index contributed by atoms with van der Waals surface area (Å²) in [4.78, 5) is 33.4. The second kappa shape index (κ2) is 20.1. The van der Waals surface area contributed by atoms with Crippen molar-refractivity contribution in [1.82, 2.24) is 44.9 Å². The Balaban J connectivity index is 0.749. The van der Waals surface area contributed by atoms with Gasteiger partial charge in [0.05, 0.1) is 36.0 Å². The van der Waals surface area contributed by atoms with Gasteiger partial charge in [-0.25, -0.2) is 17.6 Å². The van der Waals surface area contributed by atoms with Crippen molar-refractivity contribution in [3.05, 3.63) is 93.5 Å². The van der Waals surface area contributed by atoms with E-state index < -0.39 is 24.9 Å². The first-order chi connectivity index (χ1) is 34.2. The monoisotopic (exact) mass is 996 g/mol. The number of halogens is 5. The number of likely N-dealkylation sites (tertiary alicyclic amines) is 1. The van der Waals surface area contributed by atoms with Crippen molar-refractivity contribution in [3.63, 3.8) is 0 Å². The average Bonchev–Trinajstić information content (AvgIpc) is 3.97. The number of anilines is 3. The summed E-state index contributed by atoms with van der Waals surface area (Å²) in [5, 5.41) is 30.4. The highest BCUT2D eigenvalue weighted by atomic mass is 35.5. The molecular weight excluding hydrogens is 940 g/mol. The summed E-state index contributed by atoms with van der Waals surface area (Å²) in [5.74, 6) is -1.60. The molecule has 1 saturated carbocycles. The van der Waals surface area contributed by atoms with Crippen LogP contribution in [0.15, 0.2) is 54.9 Å². The molecule has 2 aromatic carbocycles. The van der Waals surface area contributed by atoms with E-state index in [-0.39, 0.29) is 54.1 Å². The molecule has 3 aromatic heterocycles. The molecule has 7 heterocycles. The Morgan fingerprint density at radius 2 is 1.77 bits per heavy atom. The van der Waals surface area contributed by atoms with Gasteiger partial charge in [0, 0.05) is 106 Å². The number of fused-ring (bicyclic) bond motifs is 2. The van der Waals surface area contributed by atoms with Gasteiger partial charge < -0.3 is 24.8 Å². The van der Waals surface area contributed by atoms with E-state index in [0.717, 1.165) is 44.1 Å². The van der Waals surface area contributed by atoms with Gasteiger partial charge in [0.15, 0.2) is 17.3 Å². The molecule has 15 nitrogen and oxygen atoms in total. The maximum atomic E-state index is 16.7. The number of ether oxygens (including phenoxy) is 1. The number of rotatable bonds is 11. The molecule has 1 N–H and O–H groups in total. The standard InChI is InChI=1S/C51H57ClF4N12O3/c1-31(69)66-21-15-44-41(29-66)49(67-17-3-4-33-22-39(35-26-58-63(2)28-35)40(48(53)54)24-45(33)67)62-68(44)46-16-18-64(30-51(46,55)56)27-32-13-19-65(20-14-32)47-12-11-43(60-61-47)50(70)59-36-6-9-37(10-7-36)71-38-8-5-34(25-57)42(52)23-38/h5,8,11-12,22-24,26,28,32,36-37,46,48H,3-4,6-7,9-10,13-21,27,29-30H2,1-2H3,(H,59,70). The number of carbonyl (C=O) groups excluding carboxylic acids is 2. The summed E-state index contributed by atoms with van der Waals surface area (Å²) in [7, 11) is 1.74. The number of piperidine rings is 2. The minimum Gasteiger partial charge on any atom is -0.490 e. The lowest BCUT2D eigenvalue weighted by Crippen LogP contribution is -2.51. The van der Waals surface area contributed by atoms with Crippen molar-refractivity contribution in [2.75, 3.05) is 55.6 Å². The number of nitriles is 1. The lowest BCUT2D eigenvalue weighted by Gasteiger charge is -2.41. The molecule has 1 aliphatic carbocycles. The quantitative estimate of drug-likeness (QED) is 0.127. The van der Waals surface area contributed by atoms with Crippen molar-refractivity contribution in [2.24, 2.45) is 13.0 Å². The smallest absolute Gasteiger partial charge is 0.282 e. The number of amides is 2. The fraction of sp³-hybridized carbons (Fsp3) is 0.510. The summed E-state index contributed by atoms with van der Waals surface area (Å²) in [6, 6.07) is 12.7. The Morgan fingerprint density at radius 1 is 0.972 bits per heavy atom. The number of nitrogens with zero attached hydrogens (tertiary/aromatic N) is 11. The van der Waals surface area contributed by atoms with Gasteiger partial charge in [0.2, 0.25) is 5.91 Å². The van der Waals surface area contributed by atoms with Gasteiger partial charge in [-0.3, -0.25) is 23.9 Å². The number of aryl methyl sites for hydroxylation is 2. The van der Waals surface area contributed by atoms with Crippen molar-refractivity contribution < 1.29 is 31.9 Å². The second-order valence-electron chi connectivity index (χ2n) is 19.7. The predicted octanol–water partition coefficient (Wildman–Crippen LogP) is 8.44. The minimum absolute atomic E-state index is 0.0188. The summed E-state index contributed by atoms with van der Waals surface area (Å²) in [6.07, 6.45) is 6.96. The van der Waals surface area contributed by atoms with Gasteiger partial charge in [0.25, 0.3) is 18.3 Å². The van der Waals surface area contributed by atoms with Crippen LogP contribution in [0.5, 0.6) is 5.75 Å². The molecule has 10 rings (SSSR count). The normalized spacial score (nSPS) is 21.7. The third-order valence-electron chi connectivity index (χ3n) is 15.0. The van der Waals surface area contributed by atoms with Crippen molar-refractivity contribution in [2.45, 2.75) is 108 Å². The first-order valence-electron chi connectivity index (χ1n) is 24.6. The molecule has 1 atom stereocenters. The van der Waals surface area contributed by atoms with Gasteiger partial charge in [-0.2, -0.15) is 15.5 Å². The van der Waals surface area contributed by atoms with E-state index in [9.17, 15) is 18.4 Å². The van der Waals surface area contributed by atoms with Crippen LogP contribution in [0.25, 0.3) is 11.1 Å². The van der Waals surface area contributed by atoms with Gasteiger partial charge in [-0.05, 0) is 111 Å². The Morgan fingerprint density at radius 3 is 2.45 bits per heavy atom. The number of hydrogen-bond acceptors (Lipinski definition) is 11. The van der Waals surface area contributed by atoms with Crippen LogP contribution >= 0.6 is 11.6 Å². The zero-order chi connectivity index (χ0) is 49.6. The lowest BCUT2D eigenvalue weighted by atomic mass is 9.92. The molecule has 3 fully saturated rings. The van der Waals surface area contributed by atoms with Crippen LogP contribution in [0.2, 0.25) is 5.02 Å². The Bertz CT molecular complexity index is 2820. The fourth-order valence-electron chi connectivity index (χ4n) is 11.2. The van der Waals surface area contributed by atoms with E-state index >= 15 is 8.78 Å². The Hall–Kier alpha value is -6.26. The van der Waals surface area contributed by atoms with Gasteiger partial charge in [-0.1, -0.05) is 11.6 Å². The van der Waals surface area contributed by atoms with Gasteiger partial charge in [0.1, 0.15) is 17.9 Å². The molecule has 0 bridgehead atoms. The number of hydrogen-bond donors (Lipinski definition) is 1. The Labute approximate surface area is 414 Å². The third kappa shape index (κ3) is 10.1. The third-order valence-corrected chi connectivity index (χ3v) is 15.3. The number of carbonyl (C=O) groups is 2. The van der Waals surface area contributed by atoms with Crippen LogP contribution in [0.3, 0.4) is 0 Å². The maximum absolute atomic E-state index is 16.7. The molecule has 0 radical (unpaired) electrons. The molecule has 2 amide bonds. The molecule has 1 unspecified atom stereocenters. The van der Waals surface area contributed by atoms with E-state index in [1.54, 1.807) is 59.4 Å².